The molecule has 1 heterocycles. The van der Waals surface area contributed by atoms with Gasteiger partial charge in [0.1, 0.15) is 0 Å². The lowest BCUT2D eigenvalue weighted by Gasteiger charge is -1.76. The average Bonchev–Trinajstić information content (AvgIpc) is 1.69. The molecule has 0 bridgehead atoms. The van der Waals surface area contributed by atoms with Crippen molar-refractivity contribution in [3.63, 3.8) is 0 Å². The summed E-state index contributed by atoms with van der Waals surface area (Å²) in [4.78, 5) is 0. The monoisotopic (exact) mass is 113 g/mol. The lowest BCUT2D eigenvalue weighted by molar-refractivity contribution is 0.594. The van der Waals surface area contributed by atoms with Crippen LogP contribution in [0.15, 0.2) is 24.0 Å². The van der Waals surface area contributed by atoms with Gasteiger partial charge >= 0.3 is 7.80 Å². The van der Waals surface area contributed by atoms with Crippen molar-refractivity contribution in [2.75, 3.05) is 6.16 Å². The van der Waals surface area contributed by atoms with Gasteiger partial charge < -0.3 is 0 Å². The molecule has 0 fully saturated rings. The molecule has 2 heteroatoms. The van der Waals surface area contributed by atoms with Crippen LogP contribution in [-0.2, 0) is 4.57 Å². The van der Waals surface area contributed by atoms with Gasteiger partial charge in [-0.15, -0.1) is 0 Å². The molecule has 0 aromatic heterocycles. The Morgan fingerprint density at radius 2 is 2.29 bits per heavy atom. The van der Waals surface area contributed by atoms with E-state index < -0.39 is 7.80 Å². The van der Waals surface area contributed by atoms with Crippen LogP contribution in [0.1, 0.15) is 0 Å². The fourth-order valence-electron chi connectivity index (χ4n) is 0.450. The van der Waals surface area contributed by atoms with Gasteiger partial charge in [-0.05, 0) is 12.2 Å². The van der Waals surface area contributed by atoms with Gasteiger partial charge in [-0.2, -0.15) is 0 Å². The SMILES string of the molecule is O=[P+]1C=CC=CC1. The molecule has 0 amide bonds. The van der Waals surface area contributed by atoms with E-state index in [4.69, 9.17) is 0 Å². The van der Waals surface area contributed by atoms with E-state index in [0.717, 1.165) is 6.16 Å². The molecule has 1 unspecified atom stereocenters. The Bertz CT molecular complexity index is 135. The van der Waals surface area contributed by atoms with Crippen molar-refractivity contribution in [2.45, 2.75) is 0 Å². The molecule has 1 atom stereocenters. The molecule has 1 nitrogen and oxygen atoms in total. The summed E-state index contributed by atoms with van der Waals surface area (Å²) in [6, 6.07) is 0. The third-order valence-electron chi connectivity index (χ3n) is 0.785. The standard InChI is InChI=1S/C5H6OP/c6-7-4-2-1-3-5-7/h1-4H,5H2/q+1. The number of allylic oxidation sites excluding steroid dienone is 3. The van der Waals surface area contributed by atoms with Gasteiger partial charge in [-0.3, -0.25) is 0 Å². The van der Waals surface area contributed by atoms with E-state index in [2.05, 4.69) is 0 Å². The highest BCUT2D eigenvalue weighted by molar-refractivity contribution is 7.48. The molecule has 0 saturated heterocycles. The summed E-state index contributed by atoms with van der Waals surface area (Å²) >= 11 is 0. The van der Waals surface area contributed by atoms with Gasteiger partial charge in [0.05, 0.1) is 0 Å². The van der Waals surface area contributed by atoms with Crippen molar-refractivity contribution in [2.24, 2.45) is 0 Å². The van der Waals surface area contributed by atoms with Gasteiger partial charge in [0.2, 0.25) is 0 Å². The minimum absolute atomic E-state index is 0.728. The van der Waals surface area contributed by atoms with Crippen LogP contribution in [0.3, 0.4) is 0 Å². The van der Waals surface area contributed by atoms with E-state index in [1.807, 2.05) is 18.2 Å². The second-order valence-electron chi connectivity index (χ2n) is 1.37. The number of hydrogen-bond acceptors (Lipinski definition) is 1. The lowest BCUT2D eigenvalue weighted by atomic mass is 10.5. The van der Waals surface area contributed by atoms with E-state index in [0.29, 0.717) is 0 Å². The van der Waals surface area contributed by atoms with Crippen LogP contribution in [0.5, 0.6) is 0 Å². The van der Waals surface area contributed by atoms with Crippen molar-refractivity contribution in [3.8, 4) is 0 Å². The molecule has 36 valence electrons. The van der Waals surface area contributed by atoms with Crippen molar-refractivity contribution in [1.29, 1.82) is 0 Å². The molecular formula is C5H6OP+. The molecule has 0 N–H and O–H groups in total. The summed E-state index contributed by atoms with van der Waals surface area (Å²) in [6.07, 6.45) is 6.38. The highest BCUT2D eigenvalue weighted by Crippen LogP contribution is 2.24. The number of rotatable bonds is 0. The third kappa shape index (κ3) is 1.24. The van der Waals surface area contributed by atoms with Gasteiger partial charge in [-0.1, -0.05) is 10.6 Å². The zero-order valence-corrected chi connectivity index (χ0v) is 4.77. The predicted molar refractivity (Wildman–Crippen MR) is 30.8 cm³/mol. The Balaban J connectivity index is 2.66. The van der Waals surface area contributed by atoms with Gasteiger partial charge in [0.25, 0.3) is 0 Å². The Labute approximate surface area is 43.5 Å². The lowest BCUT2D eigenvalue weighted by Crippen LogP contribution is -1.69. The van der Waals surface area contributed by atoms with Crippen molar-refractivity contribution >= 4 is 7.80 Å². The van der Waals surface area contributed by atoms with Crippen LogP contribution in [0.2, 0.25) is 0 Å². The first-order valence-electron chi connectivity index (χ1n) is 2.17. The molecule has 0 saturated carbocycles. The van der Waals surface area contributed by atoms with Crippen LogP contribution in [0, 0.1) is 0 Å². The van der Waals surface area contributed by atoms with Crippen molar-refractivity contribution in [3.05, 3.63) is 24.0 Å². The molecular weight excluding hydrogens is 107 g/mol. The molecule has 1 aliphatic rings. The van der Waals surface area contributed by atoms with Crippen LogP contribution in [-0.4, -0.2) is 6.16 Å². The first kappa shape index (κ1) is 4.73. The minimum Gasteiger partial charge on any atom is -0.0684 e. The highest BCUT2D eigenvalue weighted by atomic mass is 31.1. The quantitative estimate of drug-likeness (QED) is 0.438. The van der Waals surface area contributed by atoms with Gasteiger partial charge in [-0.25, -0.2) is 0 Å². The summed E-state index contributed by atoms with van der Waals surface area (Å²) in [6.45, 7) is 0. The molecule has 0 radical (unpaired) electrons. The smallest absolute Gasteiger partial charge is 0.0684 e. The first-order valence-corrected chi connectivity index (χ1v) is 3.68. The zero-order chi connectivity index (χ0) is 5.11. The van der Waals surface area contributed by atoms with E-state index >= 15 is 0 Å². The Kier molecular flexibility index (Phi) is 1.38. The van der Waals surface area contributed by atoms with Gasteiger partial charge in [0, 0.05) is 0 Å². The van der Waals surface area contributed by atoms with Crippen molar-refractivity contribution < 1.29 is 4.57 Å². The molecule has 1 rings (SSSR count). The Hall–Kier alpha value is -0.420. The maximum Gasteiger partial charge on any atom is 0.373 e. The molecule has 0 spiro atoms. The summed E-state index contributed by atoms with van der Waals surface area (Å²) in [5, 5.41) is 0. The molecule has 7 heavy (non-hydrogen) atoms. The van der Waals surface area contributed by atoms with E-state index in [1.165, 1.54) is 0 Å². The topological polar surface area (TPSA) is 17.1 Å². The van der Waals surface area contributed by atoms with E-state index in [1.54, 1.807) is 5.82 Å². The third-order valence-corrected chi connectivity index (χ3v) is 1.86. The molecule has 0 aromatic rings. The second-order valence-corrected chi connectivity index (χ2v) is 2.87. The van der Waals surface area contributed by atoms with Crippen molar-refractivity contribution in [1.82, 2.24) is 0 Å². The zero-order valence-electron chi connectivity index (χ0n) is 3.87. The average molecular weight is 113 g/mol. The van der Waals surface area contributed by atoms with E-state index in [9.17, 15) is 4.57 Å². The second kappa shape index (κ2) is 2.04. The molecule has 0 aromatic carbocycles. The Morgan fingerprint density at radius 3 is 2.57 bits per heavy atom. The fraction of sp³-hybridized carbons (Fsp3) is 0.200. The molecule has 1 aliphatic heterocycles. The van der Waals surface area contributed by atoms with E-state index in [-0.39, 0.29) is 0 Å². The summed E-state index contributed by atoms with van der Waals surface area (Å²) < 4.78 is 10.5. The maximum atomic E-state index is 10.5. The fourth-order valence-corrected chi connectivity index (χ4v) is 1.19. The minimum atomic E-state index is -1.01. The largest absolute Gasteiger partial charge is 0.373 e. The predicted octanol–water partition coefficient (Wildman–Crippen LogP) is 1.90. The number of hydrogen-bond donors (Lipinski definition) is 0. The maximum absolute atomic E-state index is 10.5. The Morgan fingerprint density at radius 1 is 1.43 bits per heavy atom. The van der Waals surface area contributed by atoms with Crippen LogP contribution in [0.25, 0.3) is 0 Å². The summed E-state index contributed by atoms with van der Waals surface area (Å²) in [5.41, 5.74) is 0. The summed E-state index contributed by atoms with van der Waals surface area (Å²) in [5.74, 6) is 1.73. The van der Waals surface area contributed by atoms with Crippen LogP contribution < -0.4 is 0 Å². The van der Waals surface area contributed by atoms with Crippen LogP contribution in [0.4, 0.5) is 0 Å². The summed E-state index contributed by atoms with van der Waals surface area (Å²) in [7, 11) is -1.01. The highest BCUT2D eigenvalue weighted by Gasteiger charge is 2.07. The molecule has 0 aliphatic carbocycles. The first-order chi connectivity index (χ1) is 3.39. The van der Waals surface area contributed by atoms with Gasteiger partial charge in [0.15, 0.2) is 12.0 Å². The normalized spacial score (nSPS) is 23.1. The van der Waals surface area contributed by atoms with Crippen LogP contribution >= 0.6 is 7.80 Å².